The molecule has 0 fully saturated rings. The molecule has 0 aliphatic carbocycles. The van der Waals surface area contributed by atoms with Gasteiger partial charge in [-0.3, -0.25) is 4.79 Å². The Labute approximate surface area is 85.6 Å². The van der Waals surface area contributed by atoms with Gasteiger partial charge in [-0.1, -0.05) is 26.8 Å². The third-order valence-electron chi connectivity index (χ3n) is 2.36. The molecule has 0 aromatic rings. The molecule has 1 aliphatic heterocycles. The molecule has 2 nitrogen and oxygen atoms in total. The molecule has 0 unspecified atom stereocenters. The van der Waals surface area contributed by atoms with Crippen LogP contribution in [0.4, 0.5) is 0 Å². The maximum atomic E-state index is 10.9. The Bertz CT molecular complexity index is 274. The van der Waals surface area contributed by atoms with Crippen molar-refractivity contribution in [3.05, 3.63) is 24.0 Å². The second kappa shape index (κ2) is 4.45. The minimum Gasteiger partial charge on any atom is -0.489 e. The van der Waals surface area contributed by atoms with Crippen LogP contribution in [0.25, 0.3) is 0 Å². The molecule has 0 N–H and O–H groups in total. The molecule has 0 amide bonds. The highest BCUT2D eigenvalue weighted by Gasteiger charge is 2.24. The lowest BCUT2D eigenvalue weighted by molar-refractivity contribution is -0.112. The molecule has 0 aromatic carbocycles. The average Bonchev–Trinajstić information content (AvgIpc) is 2.07. The first kappa shape index (κ1) is 11.0. The van der Waals surface area contributed by atoms with Crippen LogP contribution in [-0.2, 0) is 9.53 Å². The first-order chi connectivity index (χ1) is 6.50. The van der Waals surface area contributed by atoms with E-state index in [-0.39, 0.29) is 11.9 Å². The zero-order chi connectivity index (χ0) is 10.7. The van der Waals surface area contributed by atoms with Gasteiger partial charge in [-0.2, -0.15) is 0 Å². The van der Waals surface area contributed by atoms with Crippen molar-refractivity contribution < 1.29 is 9.53 Å². The predicted molar refractivity (Wildman–Crippen MR) is 56.8 cm³/mol. The fourth-order valence-corrected chi connectivity index (χ4v) is 1.69. The smallest absolute Gasteiger partial charge is 0.156 e. The molecule has 78 valence electrons. The van der Waals surface area contributed by atoms with Crippen molar-refractivity contribution in [2.75, 3.05) is 0 Å². The van der Waals surface area contributed by atoms with Crippen LogP contribution in [0.5, 0.6) is 0 Å². The Balaban J connectivity index is 2.79. The van der Waals surface area contributed by atoms with Crippen LogP contribution in [0.2, 0.25) is 0 Å². The Kier molecular flexibility index (Phi) is 3.50. The summed E-state index contributed by atoms with van der Waals surface area (Å²) in [6.07, 6.45) is 5.71. The zero-order valence-electron chi connectivity index (χ0n) is 9.28. The van der Waals surface area contributed by atoms with Crippen molar-refractivity contribution in [1.82, 2.24) is 0 Å². The fraction of sp³-hybridized carbons (Fsp3) is 0.583. The number of carbonyl (C=O) groups is 1. The Morgan fingerprint density at radius 1 is 1.57 bits per heavy atom. The fourth-order valence-electron chi connectivity index (χ4n) is 1.69. The van der Waals surface area contributed by atoms with Crippen molar-refractivity contribution in [3.63, 3.8) is 0 Å². The number of rotatable bonds is 2. The molecule has 0 radical (unpaired) electrons. The van der Waals surface area contributed by atoms with E-state index in [1.807, 2.05) is 6.08 Å². The molecule has 14 heavy (non-hydrogen) atoms. The van der Waals surface area contributed by atoms with Crippen LogP contribution in [0, 0.1) is 11.8 Å². The van der Waals surface area contributed by atoms with Gasteiger partial charge in [0.25, 0.3) is 0 Å². The summed E-state index contributed by atoms with van der Waals surface area (Å²) in [6.45, 7) is 7.93. The van der Waals surface area contributed by atoms with E-state index < -0.39 is 0 Å². The standard InChI is InChI=1S/C12H18O2/c1-8(2)12-9(3)5-6-11(14-12)7-10(4)13/h5-9,12H,1-4H3/b11-7+/t9-,12+/m0/s1. The van der Waals surface area contributed by atoms with E-state index in [1.54, 1.807) is 0 Å². The average molecular weight is 194 g/mol. The lowest BCUT2D eigenvalue weighted by atomic mass is 9.92. The summed E-state index contributed by atoms with van der Waals surface area (Å²) < 4.78 is 5.72. The summed E-state index contributed by atoms with van der Waals surface area (Å²) >= 11 is 0. The maximum absolute atomic E-state index is 10.9. The van der Waals surface area contributed by atoms with Crippen LogP contribution in [0.3, 0.4) is 0 Å². The predicted octanol–water partition coefficient (Wildman–Crippen LogP) is 2.71. The number of ketones is 1. The van der Waals surface area contributed by atoms with Gasteiger partial charge in [0.15, 0.2) is 5.78 Å². The summed E-state index contributed by atoms with van der Waals surface area (Å²) in [5.41, 5.74) is 0. The molecular formula is C12H18O2. The highest BCUT2D eigenvalue weighted by Crippen LogP contribution is 2.25. The summed E-state index contributed by atoms with van der Waals surface area (Å²) in [4.78, 5) is 10.9. The first-order valence-electron chi connectivity index (χ1n) is 5.08. The molecule has 0 saturated carbocycles. The third-order valence-corrected chi connectivity index (χ3v) is 2.36. The van der Waals surface area contributed by atoms with E-state index in [4.69, 9.17) is 4.74 Å². The van der Waals surface area contributed by atoms with Gasteiger partial charge in [-0.25, -0.2) is 0 Å². The van der Waals surface area contributed by atoms with Gasteiger partial charge in [-0.05, 0) is 18.9 Å². The minimum atomic E-state index is 0.0294. The normalized spacial score (nSPS) is 29.4. The van der Waals surface area contributed by atoms with Crippen LogP contribution >= 0.6 is 0 Å². The molecule has 0 aromatic heterocycles. The number of ether oxygens (including phenoxy) is 1. The van der Waals surface area contributed by atoms with E-state index in [0.717, 1.165) is 0 Å². The zero-order valence-corrected chi connectivity index (χ0v) is 9.28. The van der Waals surface area contributed by atoms with E-state index in [0.29, 0.717) is 17.6 Å². The second-order valence-corrected chi connectivity index (χ2v) is 4.20. The molecule has 1 heterocycles. The maximum Gasteiger partial charge on any atom is 0.156 e. The highest BCUT2D eigenvalue weighted by molar-refractivity contribution is 5.88. The molecule has 1 aliphatic rings. The molecular weight excluding hydrogens is 176 g/mol. The first-order valence-corrected chi connectivity index (χ1v) is 5.08. The van der Waals surface area contributed by atoms with Crippen molar-refractivity contribution in [2.45, 2.75) is 33.8 Å². The van der Waals surface area contributed by atoms with Crippen LogP contribution in [0.15, 0.2) is 24.0 Å². The second-order valence-electron chi connectivity index (χ2n) is 4.20. The van der Waals surface area contributed by atoms with Gasteiger partial charge in [0.05, 0.1) is 0 Å². The number of allylic oxidation sites excluding steroid dienone is 2. The van der Waals surface area contributed by atoms with Crippen LogP contribution < -0.4 is 0 Å². The molecule has 0 spiro atoms. The van der Waals surface area contributed by atoms with Crippen molar-refractivity contribution in [3.8, 4) is 0 Å². The number of hydrogen-bond donors (Lipinski definition) is 0. The molecule has 1 rings (SSSR count). The van der Waals surface area contributed by atoms with Gasteiger partial charge in [0.1, 0.15) is 11.9 Å². The van der Waals surface area contributed by atoms with Gasteiger partial charge < -0.3 is 4.74 Å². The lowest BCUT2D eigenvalue weighted by Crippen LogP contribution is -2.28. The number of carbonyl (C=O) groups excluding carboxylic acids is 1. The van der Waals surface area contributed by atoms with Crippen LogP contribution in [0.1, 0.15) is 27.7 Å². The van der Waals surface area contributed by atoms with Gasteiger partial charge in [0.2, 0.25) is 0 Å². The van der Waals surface area contributed by atoms with E-state index in [9.17, 15) is 4.79 Å². The SMILES string of the molecule is CC(=O)/C=C1\C=C[C@H](C)[C@@H](C(C)C)O1. The largest absolute Gasteiger partial charge is 0.489 e. The van der Waals surface area contributed by atoms with Crippen molar-refractivity contribution >= 4 is 5.78 Å². The van der Waals surface area contributed by atoms with Crippen molar-refractivity contribution in [1.29, 1.82) is 0 Å². The summed E-state index contributed by atoms with van der Waals surface area (Å²) in [7, 11) is 0. The van der Waals surface area contributed by atoms with Gasteiger partial charge in [0, 0.05) is 12.0 Å². The Morgan fingerprint density at radius 3 is 2.71 bits per heavy atom. The monoisotopic (exact) mass is 194 g/mol. The lowest BCUT2D eigenvalue weighted by Gasteiger charge is -2.30. The van der Waals surface area contributed by atoms with Crippen molar-refractivity contribution in [2.24, 2.45) is 11.8 Å². The minimum absolute atomic E-state index is 0.0294. The highest BCUT2D eigenvalue weighted by atomic mass is 16.5. The summed E-state index contributed by atoms with van der Waals surface area (Å²) in [5, 5.41) is 0. The van der Waals surface area contributed by atoms with E-state index >= 15 is 0 Å². The number of hydrogen-bond acceptors (Lipinski definition) is 2. The quantitative estimate of drug-likeness (QED) is 0.632. The summed E-state index contributed by atoms with van der Waals surface area (Å²) in [6, 6.07) is 0. The Morgan fingerprint density at radius 2 is 2.21 bits per heavy atom. The van der Waals surface area contributed by atoms with Gasteiger partial charge >= 0.3 is 0 Å². The van der Waals surface area contributed by atoms with Gasteiger partial charge in [-0.15, -0.1) is 0 Å². The molecule has 0 bridgehead atoms. The summed E-state index contributed by atoms with van der Waals surface area (Å²) in [5.74, 6) is 1.60. The third kappa shape index (κ3) is 2.72. The molecule has 0 saturated heterocycles. The van der Waals surface area contributed by atoms with E-state index in [2.05, 4.69) is 26.8 Å². The molecule has 2 atom stereocenters. The Hall–Kier alpha value is -1.05. The topological polar surface area (TPSA) is 26.3 Å². The van der Waals surface area contributed by atoms with Crippen LogP contribution in [-0.4, -0.2) is 11.9 Å². The van der Waals surface area contributed by atoms with E-state index in [1.165, 1.54) is 13.0 Å². The molecule has 2 heteroatoms.